The van der Waals surface area contributed by atoms with Gasteiger partial charge in [-0.25, -0.2) is 4.39 Å². The van der Waals surface area contributed by atoms with Crippen molar-refractivity contribution in [2.24, 2.45) is 0 Å². The third-order valence-corrected chi connectivity index (χ3v) is 3.34. The second kappa shape index (κ2) is 6.12. The van der Waals surface area contributed by atoms with Crippen molar-refractivity contribution in [3.05, 3.63) is 35.6 Å². The van der Waals surface area contributed by atoms with Gasteiger partial charge >= 0.3 is 0 Å². The Kier molecular flexibility index (Phi) is 4.51. The summed E-state index contributed by atoms with van der Waals surface area (Å²) in [7, 11) is 0. The van der Waals surface area contributed by atoms with E-state index in [1.54, 1.807) is 6.07 Å². The van der Waals surface area contributed by atoms with Crippen LogP contribution in [-0.2, 0) is 11.2 Å². The summed E-state index contributed by atoms with van der Waals surface area (Å²) in [5, 5.41) is 3.41. The normalized spacial score (nSPS) is 21.6. The first-order valence-corrected chi connectivity index (χ1v) is 6.36. The first-order chi connectivity index (χ1) is 8.27. The van der Waals surface area contributed by atoms with Gasteiger partial charge in [0, 0.05) is 12.6 Å². The number of nitrogens with one attached hydrogen (secondary N) is 1. The van der Waals surface area contributed by atoms with E-state index < -0.39 is 0 Å². The van der Waals surface area contributed by atoms with Crippen molar-refractivity contribution in [2.75, 3.05) is 13.2 Å². The average molecular weight is 237 g/mol. The smallest absolute Gasteiger partial charge is 0.126 e. The van der Waals surface area contributed by atoms with Gasteiger partial charge in [-0.2, -0.15) is 0 Å². The number of hydrogen-bond donors (Lipinski definition) is 1. The second-order valence-corrected chi connectivity index (χ2v) is 4.64. The molecule has 0 amide bonds. The van der Waals surface area contributed by atoms with E-state index in [1.165, 1.54) is 6.07 Å². The molecule has 1 heterocycles. The number of benzene rings is 1. The first-order valence-electron chi connectivity index (χ1n) is 6.36. The number of hydrogen-bond acceptors (Lipinski definition) is 2. The minimum Gasteiger partial charge on any atom is -0.377 e. The van der Waals surface area contributed by atoms with Crippen LogP contribution in [0.25, 0.3) is 0 Å². The Labute approximate surface area is 102 Å². The van der Waals surface area contributed by atoms with E-state index in [-0.39, 0.29) is 5.82 Å². The predicted octanol–water partition coefficient (Wildman–Crippen LogP) is 2.53. The summed E-state index contributed by atoms with van der Waals surface area (Å²) in [6.45, 7) is 3.81. The summed E-state index contributed by atoms with van der Waals surface area (Å²) < 4.78 is 19.0. The van der Waals surface area contributed by atoms with E-state index in [9.17, 15) is 4.39 Å². The Morgan fingerprint density at radius 2 is 2.29 bits per heavy atom. The zero-order valence-corrected chi connectivity index (χ0v) is 10.3. The molecule has 0 radical (unpaired) electrons. The summed E-state index contributed by atoms with van der Waals surface area (Å²) in [6.07, 6.45) is 3.34. The minimum atomic E-state index is -0.112. The highest BCUT2D eigenvalue weighted by Crippen LogP contribution is 2.15. The Morgan fingerprint density at radius 1 is 1.47 bits per heavy atom. The lowest BCUT2D eigenvalue weighted by atomic mass is 10.1. The van der Waals surface area contributed by atoms with Crippen LogP contribution in [0.5, 0.6) is 0 Å². The van der Waals surface area contributed by atoms with Gasteiger partial charge in [0.05, 0.1) is 6.10 Å². The number of halogens is 1. The molecule has 1 fully saturated rings. The zero-order chi connectivity index (χ0) is 12.1. The van der Waals surface area contributed by atoms with Crippen molar-refractivity contribution >= 4 is 0 Å². The van der Waals surface area contributed by atoms with E-state index in [0.717, 1.165) is 38.0 Å². The van der Waals surface area contributed by atoms with Gasteiger partial charge < -0.3 is 10.1 Å². The number of rotatable bonds is 5. The Hall–Kier alpha value is -0.930. The fraction of sp³-hybridized carbons (Fsp3) is 0.571. The molecule has 0 aliphatic carbocycles. The van der Waals surface area contributed by atoms with Gasteiger partial charge in [-0.1, -0.05) is 18.2 Å². The summed E-state index contributed by atoms with van der Waals surface area (Å²) in [4.78, 5) is 0. The topological polar surface area (TPSA) is 21.3 Å². The monoisotopic (exact) mass is 237 g/mol. The van der Waals surface area contributed by atoms with Crippen LogP contribution < -0.4 is 5.32 Å². The molecule has 1 aromatic carbocycles. The van der Waals surface area contributed by atoms with E-state index in [0.29, 0.717) is 12.1 Å². The van der Waals surface area contributed by atoms with Gasteiger partial charge in [0.25, 0.3) is 0 Å². The highest BCUT2D eigenvalue weighted by Gasteiger charge is 2.21. The maximum absolute atomic E-state index is 13.4. The molecule has 2 nitrogen and oxygen atoms in total. The molecule has 1 N–H and O–H groups in total. The average Bonchev–Trinajstić information content (AvgIpc) is 2.85. The zero-order valence-electron chi connectivity index (χ0n) is 10.3. The van der Waals surface area contributed by atoms with Crippen molar-refractivity contribution in [3.63, 3.8) is 0 Å². The Bertz CT molecular complexity index is 350. The molecule has 3 heteroatoms. The highest BCUT2D eigenvalue weighted by atomic mass is 19.1. The standard InChI is InChI=1S/C14H20FNO/c1-11(14-7-4-10-17-14)16-9-8-12-5-2-3-6-13(12)15/h2-3,5-6,11,14,16H,4,7-10H2,1H3/t11-,14-/m1/s1. The summed E-state index contributed by atoms with van der Waals surface area (Å²) >= 11 is 0. The molecule has 0 saturated carbocycles. The van der Waals surface area contributed by atoms with Crippen LogP contribution in [0.15, 0.2) is 24.3 Å². The van der Waals surface area contributed by atoms with Gasteiger partial charge in [0.1, 0.15) is 5.82 Å². The van der Waals surface area contributed by atoms with E-state index in [2.05, 4.69) is 12.2 Å². The lowest BCUT2D eigenvalue weighted by Crippen LogP contribution is -2.38. The molecule has 94 valence electrons. The quantitative estimate of drug-likeness (QED) is 0.849. The fourth-order valence-electron chi connectivity index (χ4n) is 2.26. The Balaban J connectivity index is 1.74. The van der Waals surface area contributed by atoms with Crippen molar-refractivity contribution in [1.29, 1.82) is 0 Å². The van der Waals surface area contributed by atoms with Crippen LogP contribution in [0.1, 0.15) is 25.3 Å². The lowest BCUT2D eigenvalue weighted by Gasteiger charge is -2.20. The third-order valence-electron chi connectivity index (χ3n) is 3.34. The highest BCUT2D eigenvalue weighted by molar-refractivity contribution is 5.17. The molecular weight excluding hydrogens is 217 g/mol. The second-order valence-electron chi connectivity index (χ2n) is 4.64. The molecule has 0 aromatic heterocycles. The van der Waals surface area contributed by atoms with Gasteiger partial charge in [0.15, 0.2) is 0 Å². The molecular formula is C14H20FNO. The molecule has 1 aromatic rings. The fourth-order valence-corrected chi connectivity index (χ4v) is 2.26. The van der Waals surface area contributed by atoms with Gasteiger partial charge in [0.2, 0.25) is 0 Å². The summed E-state index contributed by atoms with van der Waals surface area (Å²) in [5.41, 5.74) is 0.777. The van der Waals surface area contributed by atoms with Crippen LogP contribution >= 0.6 is 0 Å². The molecule has 1 aliphatic heterocycles. The summed E-state index contributed by atoms with van der Waals surface area (Å²) in [5.74, 6) is -0.112. The molecule has 17 heavy (non-hydrogen) atoms. The van der Waals surface area contributed by atoms with Crippen LogP contribution in [0.4, 0.5) is 4.39 Å². The minimum absolute atomic E-state index is 0.112. The molecule has 1 saturated heterocycles. The van der Waals surface area contributed by atoms with Gasteiger partial charge in [-0.15, -0.1) is 0 Å². The van der Waals surface area contributed by atoms with Crippen molar-refractivity contribution in [2.45, 2.75) is 38.3 Å². The van der Waals surface area contributed by atoms with Crippen molar-refractivity contribution < 1.29 is 9.13 Å². The SMILES string of the molecule is C[C@@H](NCCc1ccccc1F)[C@H]1CCCO1. The lowest BCUT2D eigenvalue weighted by molar-refractivity contribution is 0.0839. The third kappa shape index (κ3) is 3.51. The molecule has 0 unspecified atom stereocenters. The van der Waals surface area contributed by atoms with Crippen LogP contribution in [0, 0.1) is 5.82 Å². The predicted molar refractivity (Wildman–Crippen MR) is 66.5 cm³/mol. The largest absolute Gasteiger partial charge is 0.377 e. The molecule has 0 spiro atoms. The van der Waals surface area contributed by atoms with E-state index in [1.807, 2.05) is 12.1 Å². The molecule has 1 aliphatic rings. The summed E-state index contributed by atoms with van der Waals surface area (Å²) in [6, 6.07) is 7.31. The maximum Gasteiger partial charge on any atom is 0.126 e. The Morgan fingerprint density at radius 3 is 3.00 bits per heavy atom. The van der Waals surface area contributed by atoms with E-state index >= 15 is 0 Å². The van der Waals surface area contributed by atoms with Gasteiger partial charge in [-0.05, 0) is 44.4 Å². The first kappa shape index (κ1) is 12.5. The molecule has 2 rings (SSSR count). The van der Waals surface area contributed by atoms with Crippen molar-refractivity contribution in [3.8, 4) is 0 Å². The maximum atomic E-state index is 13.4. The van der Waals surface area contributed by atoms with E-state index in [4.69, 9.17) is 4.74 Å². The van der Waals surface area contributed by atoms with Crippen molar-refractivity contribution in [1.82, 2.24) is 5.32 Å². The van der Waals surface area contributed by atoms with Gasteiger partial charge in [-0.3, -0.25) is 0 Å². The number of ether oxygens (including phenoxy) is 1. The molecule has 0 bridgehead atoms. The van der Waals surface area contributed by atoms with Crippen LogP contribution in [-0.4, -0.2) is 25.3 Å². The van der Waals surface area contributed by atoms with Crippen LogP contribution in [0.3, 0.4) is 0 Å². The molecule has 2 atom stereocenters. The van der Waals surface area contributed by atoms with Crippen LogP contribution in [0.2, 0.25) is 0 Å².